The SMILES string of the molecule is N#CCC(=O)N1CC[C@H](c2nnc3cnc4[nH]ccc4n23)C1. The van der Waals surface area contributed by atoms with Crippen LogP contribution in [0.4, 0.5) is 0 Å². The van der Waals surface area contributed by atoms with Crippen molar-refractivity contribution in [1.82, 2.24) is 29.5 Å². The molecule has 1 fully saturated rings. The molecule has 22 heavy (non-hydrogen) atoms. The molecule has 3 aromatic rings. The molecule has 1 amide bonds. The van der Waals surface area contributed by atoms with E-state index in [1.807, 2.05) is 22.7 Å². The zero-order valence-corrected chi connectivity index (χ0v) is 11.7. The van der Waals surface area contributed by atoms with E-state index < -0.39 is 0 Å². The number of hydrogen-bond acceptors (Lipinski definition) is 5. The fourth-order valence-electron chi connectivity index (χ4n) is 3.04. The summed E-state index contributed by atoms with van der Waals surface area (Å²) in [6, 6.07) is 3.85. The van der Waals surface area contributed by atoms with Gasteiger partial charge in [0.1, 0.15) is 12.2 Å². The van der Waals surface area contributed by atoms with Gasteiger partial charge in [0.05, 0.1) is 17.8 Å². The van der Waals surface area contributed by atoms with E-state index in [0.717, 1.165) is 23.4 Å². The number of fused-ring (bicyclic) bond motifs is 3. The Morgan fingerprint density at radius 1 is 1.50 bits per heavy atom. The minimum absolute atomic E-state index is 0.0702. The molecular weight excluding hydrogens is 282 g/mol. The molecule has 1 atom stereocenters. The fraction of sp³-hybridized carbons (Fsp3) is 0.357. The summed E-state index contributed by atoms with van der Waals surface area (Å²) in [5.41, 5.74) is 2.41. The third kappa shape index (κ3) is 1.83. The van der Waals surface area contributed by atoms with Crippen LogP contribution in [0, 0.1) is 11.3 Å². The molecule has 1 aliphatic heterocycles. The Balaban J connectivity index is 1.72. The summed E-state index contributed by atoms with van der Waals surface area (Å²) in [5.74, 6) is 0.847. The van der Waals surface area contributed by atoms with E-state index in [0.29, 0.717) is 18.7 Å². The van der Waals surface area contributed by atoms with Crippen LogP contribution in [-0.4, -0.2) is 48.5 Å². The van der Waals surface area contributed by atoms with E-state index in [1.165, 1.54) is 0 Å². The number of aromatic nitrogens is 5. The average molecular weight is 295 g/mol. The van der Waals surface area contributed by atoms with Crippen LogP contribution < -0.4 is 0 Å². The summed E-state index contributed by atoms with van der Waals surface area (Å²) < 4.78 is 1.99. The maximum atomic E-state index is 11.8. The van der Waals surface area contributed by atoms with Crippen molar-refractivity contribution >= 4 is 22.7 Å². The van der Waals surface area contributed by atoms with Crippen LogP contribution in [-0.2, 0) is 4.79 Å². The fourth-order valence-corrected chi connectivity index (χ4v) is 3.04. The van der Waals surface area contributed by atoms with Crippen molar-refractivity contribution in [3.8, 4) is 6.07 Å². The molecule has 3 aromatic heterocycles. The van der Waals surface area contributed by atoms with Crippen LogP contribution in [0.1, 0.15) is 24.6 Å². The van der Waals surface area contributed by atoms with Gasteiger partial charge in [0.25, 0.3) is 0 Å². The lowest BCUT2D eigenvalue weighted by Crippen LogP contribution is -2.28. The van der Waals surface area contributed by atoms with E-state index in [1.54, 1.807) is 11.1 Å². The van der Waals surface area contributed by atoms with Gasteiger partial charge < -0.3 is 9.88 Å². The molecule has 0 aliphatic carbocycles. The van der Waals surface area contributed by atoms with Gasteiger partial charge in [0.15, 0.2) is 11.3 Å². The lowest BCUT2D eigenvalue weighted by atomic mass is 10.1. The second-order valence-electron chi connectivity index (χ2n) is 5.38. The molecule has 110 valence electrons. The first-order chi connectivity index (χ1) is 10.8. The lowest BCUT2D eigenvalue weighted by molar-refractivity contribution is -0.129. The number of aromatic amines is 1. The maximum absolute atomic E-state index is 11.8. The molecule has 1 saturated heterocycles. The number of hydrogen-bond donors (Lipinski definition) is 1. The van der Waals surface area contributed by atoms with Crippen LogP contribution in [0.5, 0.6) is 0 Å². The van der Waals surface area contributed by atoms with Crippen LogP contribution in [0.3, 0.4) is 0 Å². The molecule has 0 bridgehead atoms. The molecule has 1 N–H and O–H groups in total. The van der Waals surface area contributed by atoms with Crippen LogP contribution in [0.15, 0.2) is 18.5 Å². The molecule has 0 spiro atoms. The quantitative estimate of drug-likeness (QED) is 0.754. The number of carbonyl (C=O) groups excluding carboxylic acids is 1. The number of rotatable bonds is 2. The molecule has 4 heterocycles. The Kier molecular flexibility index (Phi) is 2.79. The van der Waals surface area contributed by atoms with Gasteiger partial charge in [-0.3, -0.25) is 9.20 Å². The van der Waals surface area contributed by atoms with Crippen LogP contribution in [0.2, 0.25) is 0 Å². The van der Waals surface area contributed by atoms with Crippen molar-refractivity contribution < 1.29 is 4.79 Å². The molecule has 1 aliphatic rings. The Bertz CT molecular complexity index is 903. The summed E-state index contributed by atoms with van der Waals surface area (Å²) in [6.45, 7) is 1.23. The van der Waals surface area contributed by atoms with Crippen molar-refractivity contribution in [1.29, 1.82) is 5.26 Å². The molecule has 0 saturated carbocycles. The van der Waals surface area contributed by atoms with Crippen LogP contribution in [0.25, 0.3) is 16.8 Å². The zero-order valence-electron chi connectivity index (χ0n) is 11.7. The van der Waals surface area contributed by atoms with Crippen LogP contribution >= 0.6 is 0 Å². The van der Waals surface area contributed by atoms with Crippen molar-refractivity contribution in [2.75, 3.05) is 13.1 Å². The van der Waals surface area contributed by atoms with Crippen molar-refractivity contribution in [3.63, 3.8) is 0 Å². The number of nitrogens with zero attached hydrogens (tertiary/aromatic N) is 6. The number of nitriles is 1. The van der Waals surface area contributed by atoms with Gasteiger partial charge in [-0.25, -0.2) is 4.98 Å². The summed E-state index contributed by atoms with van der Waals surface area (Å²) >= 11 is 0. The van der Waals surface area contributed by atoms with Crippen molar-refractivity contribution in [2.45, 2.75) is 18.8 Å². The van der Waals surface area contributed by atoms with Gasteiger partial charge in [0, 0.05) is 25.2 Å². The highest BCUT2D eigenvalue weighted by molar-refractivity contribution is 5.78. The highest BCUT2D eigenvalue weighted by Crippen LogP contribution is 2.28. The van der Waals surface area contributed by atoms with E-state index in [9.17, 15) is 4.79 Å². The summed E-state index contributed by atoms with van der Waals surface area (Å²) in [5, 5.41) is 17.1. The first kappa shape index (κ1) is 12.8. The molecule has 8 heteroatoms. The number of carbonyl (C=O) groups is 1. The Morgan fingerprint density at radius 2 is 2.41 bits per heavy atom. The van der Waals surface area contributed by atoms with Gasteiger partial charge in [-0.2, -0.15) is 5.26 Å². The molecule has 0 aromatic carbocycles. The maximum Gasteiger partial charge on any atom is 0.236 e. The minimum atomic E-state index is -0.118. The second-order valence-corrected chi connectivity index (χ2v) is 5.38. The van der Waals surface area contributed by atoms with E-state index in [4.69, 9.17) is 5.26 Å². The first-order valence-corrected chi connectivity index (χ1v) is 7.10. The van der Waals surface area contributed by atoms with Gasteiger partial charge in [-0.15, -0.1) is 10.2 Å². The Hall–Kier alpha value is -2.95. The number of H-pyrrole nitrogens is 1. The van der Waals surface area contributed by atoms with E-state index in [-0.39, 0.29) is 18.2 Å². The van der Waals surface area contributed by atoms with Gasteiger partial charge in [0.2, 0.25) is 5.91 Å². The molecular formula is C14H13N7O. The second kappa shape index (κ2) is 4.80. The first-order valence-electron chi connectivity index (χ1n) is 7.10. The number of nitrogens with one attached hydrogen (secondary N) is 1. The minimum Gasteiger partial charge on any atom is -0.345 e. The standard InChI is InChI=1S/C14H13N7O/c15-4-1-12(22)20-6-3-9(8-20)14-19-18-11-7-17-13-10(21(11)14)2-5-16-13/h2,5,7,9,16H,1,3,6,8H2/t9-/m0/s1. The molecule has 8 nitrogen and oxygen atoms in total. The highest BCUT2D eigenvalue weighted by atomic mass is 16.2. The Morgan fingerprint density at radius 3 is 3.27 bits per heavy atom. The van der Waals surface area contributed by atoms with Crippen molar-refractivity contribution in [3.05, 3.63) is 24.3 Å². The zero-order chi connectivity index (χ0) is 15.1. The largest absolute Gasteiger partial charge is 0.345 e. The van der Waals surface area contributed by atoms with Gasteiger partial charge in [-0.05, 0) is 12.5 Å². The molecule has 0 radical (unpaired) electrons. The van der Waals surface area contributed by atoms with E-state index in [2.05, 4.69) is 20.2 Å². The lowest BCUT2D eigenvalue weighted by Gasteiger charge is -2.14. The summed E-state index contributed by atoms with van der Waals surface area (Å²) in [7, 11) is 0. The predicted molar refractivity (Wildman–Crippen MR) is 76.8 cm³/mol. The van der Waals surface area contributed by atoms with E-state index >= 15 is 0 Å². The third-order valence-electron chi connectivity index (χ3n) is 4.10. The molecule has 0 unspecified atom stereocenters. The molecule has 4 rings (SSSR count). The average Bonchev–Trinajstić information content (AvgIpc) is 3.24. The van der Waals surface area contributed by atoms with Gasteiger partial charge in [-0.1, -0.05) is 0 Å². The summed E-state index contributed by atoms with van der Waals surface area (Å²) in [4.78, 5) is 20.9. The Labute approximate surface area is 125 Å². The smallest absolute Gasteiger partial charge is 0.236 e. The number of amides is 1. The third-order valence-corrected chi connectivity index (χ3v) is 4.10. The monoisotopic (exact) mass is 295 g/mol. The highest BCUT2D eigenvalue weighted by Gasteiger charge is 2.30. The predicted octanol–water partition coefficient (Wildman–Crippen LogP) is 0.835. The topological polar surface area (TPSA) is 103 Å². The summed E-state index contributed by atoms with van der Waals surface area (Å²) in [6.07, 6.45) is 4.27. The van der Waals surface area contributed by atoms with Gasteiger partial charge >= 0.3 is 0 Å². The van der Waals surface area contributed by atoms with Crippen molar-refractivity contribution in [2.24, 2.45) is 0 Å². The number of likely N-dealkylation sites (tertiary alicyclic amines) is 1. The normalized spacial score (nSPS) is 18.1.